The molecule has 2 aromatic rings. The van der Waals surface area contributed by atoms with Crippen molar-refractivity contribution in [2.24, 2.45) is 0 Å². The van der Waals surface area contributed by atoms with Crippen LogP contribution in [0.4, 0.5) is 5.82 Å². The highest BCUT2D eigenvalue weighted by molar-refractivity contribution is 6.36. The van der Waals surface area contributed by atoms with E-state index in [0.717, 1.165) is 23.6 Å². The molecule has 2 heterocycles. The zero-order valence-corrected chi connectivity index (χ0v) is 14.9. The van der Waals surface area contributed by atoms with E-state index in [0.29, 0.717) is 35.1 Å². The Hall–Kier alpha value is -1.85. The Morgan fingerprint density at radius 1 is 1.29 bits per heavy atom. The normalized spacial score (nSPS) is 13.5. The molecule has 1 aliphatic heterocycles. The Balaban J connectivity index is 1.74. The van der Waals surface area contributed by atoms with Gasteiger partial charge in [-0.3, -0.25) is 4.79 Å². The molecule has 0 atom stereocenters. The van der Waals surface area contributed by atoms with Gasteiger partial charge in [0, 0.05) is 36.1 Å². The lowest BCUT2D eigenvalue weighted by Gasteiger charge is -2.28. The second-order valence-electron chi connectivity index (χ2n) is 5.67. The molecule has 1 N–H and O–H groups in total. The number of halogens is 2. The van der Waals surface area contributed by atoms with Crippen LogP contribution in [0, 0.1) is 0 Å². The summed E-state index contributed by atoms with van der Waals surface area (Å²) < 4.78 is 0. The van der Waals surface area contributed by atoms with Crippen molar-refractivity contribution in [2.75, 3.05) is 18.4 Å². The van der Waals surface area contributed by atoms with Crippen LogP contribution >= 0.6 is 23.2 Å². The van der Waals surface area contributed by atoms with Gasteiger partial charge in [-0.2, -0.15) is 5.10 Å². The molecular formula is C17H18Cl2N4O. The lowest BCUT2D eigenvalue weighted by molar-refractivity contribution is -0.131. The number of fused-ring (bicyclic) bond motifs is 1. The van der Waals surface area contributed by atoms with Gasteiger partial charge >= 0.3 is 0 Å². The third kappa shape index (κ3) is 3.62. The molecule has 0 spiro atoms. The fourth-order valence-corrected chi connectivity index (χ4v) is 3.30. The largest absolute Gasteiger partial charge is 0.369 e. The van der Waals surface area contributed by atoms with Gasteiger partial charge in [0.2, 0.25) is 5.91 Å². The predicted octanol–water partition coefficient (Wildman–Crippen LogP) is 3.34. The summed E-state index contributed by atoms with van der Waals surface area (Å²) >= 11 is 12.3. The number of nitrogens with one attached hydrogen (secondary N) is 1. The second-order valence-corrected chi connectivity index (χ2v) is 6.49. The zero-order valence-electron chi connectivity index (χ0n) is 13.4. The van der Waals surface area contributed by atoms with Gasteiger partial charge in [-0.25, -0.2) is 0 Å². The standard InChI is InChI=1S/C17H18Cl2N4O/c1-2-20-16-8-11-10-23(7-6-15(11)21-22-16)17(24)9-12-13(18)4-3-5-14(12)19/h3-5,8H,2,6-7,9-10H2,1H3,(H,20,22). The molecule has 1 aliphatic rings. The molecule has 0 fully saturated rings. The fraction of sp³-hybridized carbons (Fsp3) is 0.353. The molecule has 0 unspecified atom stereocenters. The zero-order chi connectivity index (χ0) is 17.1. The van der Waals surface area contributed by atoms with Crippen LogP contribution in [0.2, 0.25) is 10.0 Å². The summed E-state index contributed by atoms with van der Waals surface area (Å²) in [6.07, 6.45) is 0.906. The first-order valence-electron chi connectivity index (χ1n) is 7.88. The Labute approximate surface area is 151 Å². The first-order valence-corrected chi connectivity index (χ1v) is 8.64. The number of benzene rings is 1. The number of amides is 1. The van der Waals surface area contributed by atoms with Crippen LogP contribution in [0.25, 0.3) is 0 Å². The number of aromatic nitrogens is 2. The maximum atomic E-state index is 12.6. The maximum absolute atomic E-state index is 12.6. The van der Waals surface area contributed by atoms with Crippen LogP contribution in [-0.2, 0) is 24.2 Å². The molecule has 126 valence electrons. The van der Waals surface area contributed by atoms with Gasteiger partial charge in [-0.1, -0.05) is 29.3 Å². The van der Waals surface area contributed by atoms with Crippen molar-refractivity contribution in [2.45, 2.75) is 26.3 Å². The minimum atomic E-state index is 0.0115. The van der Waals surface area contributed by atoms with Gasteiger partial charge in [-0.05, 0) is 36.2 Å². The van der Waals surface area contributed by atoms with E-state index < -0.39 is 0 Å². The third-order valence-electron chi connectivity index (χ3n) is 4.04. The summed E-state index contributed by atoms with van der Waals surface area (Å²) in [5, 5.41) is 12.6. The molecule has 0 bridgehead atoms. The summed E-state index contributed by atoms with van der Waals surface area (Å²) in [5.74, 6) is 0.747. The molecular weight excluding hydrogens is 347 g/mol. The van der Waals surface area contributed by atoms with Gasteiger partial charge in [0.1, 0.15) is 5.82 Å². The lowest BCUT2D eigenvalue weighted by atomic mass is 10.0. The average Bonchev–Trinajstić information content (AvgIpc) is 2.58. The number of hydrogen-bond donors (Lipinski definition) is 1. The smallest absolute Gasteiger partial charge is 0.227 e. The molecule has 3 rings (SSSR count). The van der Waals surface area contributed by atoms with E-state index >= 15 is 0 Å². The van der Waals surface area contributed by atoms with Gasteiger partial charge in [0.15, 0.2) is 0 Å². The van der Waals surface area contributed by atoms with Crippen LogP contribution in [0.3, 0.4) is 0 Å². The van der Waals surface area contributed by atoms with E-state index in [2.05, 4.69) is 15.5 Å². The van der Waals surface area contributed by atoms with Crippen molar-refractivity contribution in [1.82, 2.24) is 15.1 Å². The van der Waals surface area contributed by atoms with Crippen LogP contribution in [0.5, 0.6) is 0 Å². The number of rotatable bonds is 4. The van der Waals surface area contributed by atoms with E-state index in [9.17, 15) is 4.79 Å². The Bertz CT molecular complexity index is 746. The van der Waals surface area contributed by atoms with Crippen molar-refractivity contribution in [3.8, 4) is 0 Å². The van der Waals surface area contributed by atoms with E-state index in [-0.39, 0.29) is 12.3 Å². The Kier molecular flexibility index (Phi) is 5.21. The molecule has 1 aromatic heterocycles. The summed E-state index contributed by atoms with van der Waals surface area (Å²) in [5.41, 5.74) is 2.67. The van der Waals surface area contributed by atoms with Crippen LogP contribution < -0.4 is 5.32 Å². The van der Waals surface area contributed by atoms with E-state index in [4.69, 9.17) is 23.2 Å². The van der Waals surface area contributed by atoms with Crippen molar-refractivity contribution in [1.29, 1.82) is 0 Å². The minimum Gasteiger partial charge on any atom is -0.369 e. The van der Waals surface area contributed by atoms with Gasteiger partial charge in [0.05, 0.1) is 12.1 Å². The summed E-state index contributed by atoms with van der Waals surface area (Å²) in [6, 6.07) is 7.24. The predicted molar refractivity (Wildman–Crippen MR) is 95.5 cm³/mol. The van der Waals surface area contributed by atoms with Crippen molar-refractivity contribution < 1.29 is 4.79 Å². The lowest BCUT2D eigenvalue weighted by Crippen LogP contribution is -2.37. The summed E-state index contributed by atoms with van der Waals surface area (Å²) in [6.45, 7) is 3.94. The van der Waals surface area contributed by atoms with Gasteiger partial charge < -0.3 is 10.2 Å². The highest BCUT2D eigenvalue weighted by Gasteiger charge is 2.23. The third-order valence-corrected chi connectivity index (χ3v) is 4.75. The molecule has 1 aromatic carbocycles. The molecule has 0 saturated heterocycles. The maximum Gasteiger partial charge on any atom is 0.227 e. The van der Waals surface area contributed by atoms with Crippen molar-refractivity contribution >= 4 is 34.9 Å². The summed E-state index contributed by atoms with van der Waals surface area (Å²) in [4.78, 5) is 14.5. The van der Waals surface area contributed by atoms with E-state index in [1.165, 1.54) is 0 Å². The number of carbonyl (C=O) groups excluding carboxylic acids is 1. The van der Waals surface area contributed by atoms with Crippen LogP contribution in [0.1, 0.15) is 23.7 Å². The minimum absolute atomic E-state index is 0.0115. The number of anilines is 1. The average molecular weight is 365 g/mol. The molecule has 5 nitrogen and oxygen atoms in total. The van der Waals surface area contributed by atoms with Crippen molar-refractivity contribution in [3.63, 3.8) is 0 Å². The van der Waals surface area contributed by atoms with Gasteiger partial charge in [0.25, 0.3) is 0 Å². The number of carbonyl (C=O) groups is 1. The molecule has 24 heavy (non-hydrogen) atoms. The molecule has 0 radical (unpaired) electrons. The molecule has 7 heteroatoms. The SMILES string of the molecule is CCNc1cc2c(nn1)CCN(C(=O)Cc1c(Cl)cccc1Cl)C2. The monoisotopic (exact) mass is 364 g/mol. The number of hydrogen-bond acceptors (Lipinski definition) is 4. The Morgan fingerprint density at radius 3 is 2.75 bits per heavy atom. The topological polar surface area (TPSA) is 58.1 Å². The highest BCUT2D eigenvalue weighted by Crippen LogP contribution is 2.26. The van der Waals surface area contributed by atoms with Crippen LogP contribution in [-0.4, -0.2) is 34.1 Å². The first kappa shape index (κ1) is 17.0. The van der Waals surface area contributed by atoms with E-state index in [1.54, 1.807) is 18.2 Å². The van der Waals surface area contributed by atoms with Crippen molar-refractivity contribution in [3.05, 3.63) is 51.1 Å². The fourth-order valence-electron chi connectivity index (χ4n) is 2.77. The summed E-state index contributed by atoms with van der Waals surface area (Å²) in [7, 11) is 0. The molecule has 0 saturated carbocycles. The first-order chi connectivity index (χ1) is 11.6. The highest BCUT2D eigenvalue weighted by atomic mass is 35.5. The second kappa shape index (κ2) is 7.36. The van der Waals surface area contributed by atoms with Crippen LogP contribution in [0.15, 0.2) is 24.3 Å². The quantitative estimate of drug-likeness (QED) is 0.903. The molecule has 0 aliphatic carbocycles. The van der Waals surface area contributed by atoms with E-state index in [1.807, 2.05) is 17.9 Å². The number of nitrogens with zero attached hydrogens (tertiary/aromatic N) is 3. The van der Waals surface area contributed by atoms with Gasteiger partial charge in [-0.15, -0.1) is 5.10 Å². The Morgan fingerprint density at radius 2 is 2.04 bits per heavy atom. The molecule has 1 amide bonds.